The third-order valence-electron chi connectivity index (χ3n) is 4.69. The largest absolute Gasteiger partial charge is 0.481 e. The van der Waals surface area contributed by atoms with E-state index in [0.29, 0.717) is 0 Å². The Labute approximate surface area is 97.7 Å². The standard InChI is InChI=1S/C11H14O4S/c1-9-4-5-16-6(9)10(2,7(12)13)11(9,3)8(14)15/h4-6H,1-3H3,(H,12,13)(H,14,15). The Hall–Kier alpha value is -0.970. The lowest BCUT2D eigenvalue weighted by Gasteiger charge is -2.65. The fourth-order valence-corrected chi connectivity index (χ4v) is 4.90. The van der Waals surface area contributed by atoms with Gasteiger partial charge in [0.05, 0.1) is 10.8 Å². The topological polar surface area (TPSA) is 74.6 Å². The molecule has 0 aromatic rings. The van der Waals surface area contributed by atoms with E-state index in [1.165, 1.54) is 25.6 Å². The molecule has 4 atom stereocenters. The maximum Gasteiger partial charge on any atom is 0.311 e. The van der Waals surface area contributed by atoms with Gasteiger partial charge in [0, 0.05) is 10.7 Å². The van der Waals surface area contributed by atoms with Crippen LogP contribution in [0.1, 0.15) is 20.8 Å². The van der Waals surface area contributed by atoms with Crippen LogP contribution >= 0.6 is 11.8 Å². The molecule has 1 saturated carbocycles. The van der Waals surface area contributed by atoms with Crippen LogP contribution in [0.3, 0.4) is 0 Å². The molecule has 0 aromatic carbocycles. The van der Waals surface area contributed by atoms with Gasteiger partial charge >= 0.3 is 11.9 Å². The van der Waals surface area contributed by atoms with Crippen LogP contribution in [0.2, 0.25) is 0 Å². The zero-order valence-corrected chi connectivity index (χ0v) is 10.2. The molecule has 1 fully saturated rings. The lowest BCUT2D eigenvalue weighted by molar-refractivity contribution is -0.209. The van der Waals surface area contributed by atoms with Crippen LogP contribution in [0.5, 0.6) is 0 Å². The summed E-state index contributed by atoms with van der Waals surface area (Å²) < 4.78 is 0. The van der Waals surface area contributed by atoms with Crippen LogP contribution in [0, 0.1) is 16.2 Å². The van der Waals surface area contributed by atoms with Crippen molar-refractivity contribution in [3.63, 3.8) is 0 Å². The molecule has 0 bridgehead atoms. The number of fused-ring (bicyclic) bond motifs is 1. The van der Waals surface area contributed by atoms with Gasteiger partial charge in [-0.1, -0.05) is 13.0 Å². The van der Waals surface area contributed by atoms with Crippen LogP contribution in [-0.4, -0.2) is 27.4 Å². The van der Waals surface area contributed by atoms with Gasteiger partial charge in [-0.3, -0.25) is 9.59 Å². The molecule has 0 spiro atoms. The highest BCUT2D eigenvalue weighted by atomic mass is 32.2. The number of allylic oxidation sites excluding steroid dienone is 1. The second kappa shape index (κ2) is 2.83. The Morgan fingerprint density at radius 1 is 1.19 bits per heavy atom. The average molecular weight is 242 g/mol. The van der Waals surface area contributed by atoms with Gasteiger partial charge in [0.15, 0.2) is 0 Å². The maximum absolute atomic E-state index is 11.5. The molecule has 16 heavy (non-hydrogen) atoms. The van der Waals surface area contributed by atoms with Crippen LogP contribution in [0.15, 0.2) is 11.5 Å². The van der Waals surface area contributed by atoms with Gasteiger partial charge in [0.2, 0.25) is 0 Å². The summed E-state index contributed by atoms with van der Waals surface area (Å²) in [5.74, 6) is -2.07. The molecule has 2 aliphatic rings. The molecule has 0 amide bonds. The lowest BCUT2D eigenvalue weighted by Crippen LogP contribution is -2.75. The first-order valence-electron chi connectivity index (χ1n) is 5.03. The van der Waals surface area contributed by atoms with E-state index in [9.17, 15) is 19.8 Å². The molecule has 2 rings (SSSR count). The van der Waals surface area contributed by atoms with Crippen molar-refractivity contribution in [2.45, 2.75) is 26.0 Å². The third-order valence-corrected chi connectivity index (χ3v) is 6.21. The van der Waals surface area contributed by atoms with Gasteiger partial charge in [-0.05, 0) is 19.3 Å². The summed E-state index contributed by atoms with van der Waals surface area (Å²) in [6.45, 7) is 4.90. The van der Waals surface area contributed by atoms with E-state index < -0.39 is 28.2 Å². The van der Waals surface area contributed by atoms with Gasteiger partial charge in [-0.25, -0.2) is 0 Å². The molecule has 4 unspecified atom stereocenters. The molecule has 2 N–H and O–H groups in total. The van der Waals surface area contributed by atoms with Crippen LogP contribution in [0.4, 0.5) is 0 Å². The minimum absolute atomic E-state index is 0.196. The highest BCUT2D eigenvalue weighted by molar-refractivity contribution is 8.03. The Morgan fingerprint density at radius 2 is 1.75 bits per heavy atom. The number of hydrogen-bond donors (Lipinski definition) is 2. The van der Waals surface area contributed by atoms with Crippen molar-refractivity contribution >= 4 is 23.7 Å². The van der Waals surface area contributed by atoms with Gasteiger partial charge in [0.25, 0.3) is 0 Å². The molecule has 1 aliphatic carbocycles. The van der Waals surface area contributed by atoms with Crippen LogP contribution in [-0.2, 0) is 9.59 Å². The zero-order chi connectivity index (χ0) is 12.4. The number of aliphatic carboxylic acids is 2. The molecule has 1 heterocycles. The van der Waals surface area contributed by atoms with E-state index >= 15 is 0 Å². The second-order valence-corrected chi connectivity index (χ2v) is 6.05. The zero-order valence-electron chi connectivity index (χ0n) is 9.35. The van der Waals surface area contributed by atoms with Gasteiger partial charge in [-0.2, -0.15) is 0 Å². The normalized spacial score (nSPS) is 49.6. The fourth-order valence-electron chi connectivity index (χ4n) is 3.18. The fraction of sp³-hybridized carbons (Fsp3) is 0.636. The predicted octanol–water partition coefficient (Wildman–Crippen LogP) is 1.82. The van der Waals surface area contributed by atoms with Crippen molar-refractivity contribution in [2.75, 3.05) is 0 Å². The summed E-state index contributed by atoms with van der Waals surface area (Å²) in [6.07, 6.45) is 1.83. The molecular weight excluding hydrogens is 228 g/mol. The molecule has 5 heteroatoms. The van der Waals surface area contributed by atoms with Gasteiger partial charge < -0.3 is 10.2 Å². The summed E-state index contributed by atoms with van der Waals surface area (Å²) in [5.41, 5.74) is -3.05. The molecular formula is C11H14O4S. The smallest absolute Gasteiger partial charge is 0.311 e. The summed E-state index contributed by atoms with van der Waals surface area (Å²) >= 11 is 1.42. The van der Waals surface area contributed by atoms with Crippen molar-refractivity contribution in [3.8, 4) is 0 Å². The summed E-state index contributed by atoms with van der Waals surface area (Å²) in [4.78, 5) is 22.9. The van der Waals surface area contributed by atoms with Crippen molar-refractivity contribution in [3.05, 3.63) is 11.5 Å². The highest BCUT2D eigenvalue weighted by Crippen LogP contribution is 2.74. The Kier molecular flexibility index (Phi) is 2.03. The monoisotopic (exact) mass is 242 g/mol. The first-order valence-corrected chi connectivity index (χ1v) is 5.97. The van der Waals surface area contributed by atoms with E-state index in [2.05, 4.69) is 0 Å². The van der Waals surface area contributed by atoms with Gasteiger partial charge in [-0.15, -0.1) is 11.8 Å². The summed E-state index contributed by atoms with van der Waals surface area (Å²) in [6, 6.07) is 0. The first-order chi connectivity index (χ1) is 7.23. The second-order valence-electron chi connectivity index (χ2n) is 5.04. The number of rotatable bonds is 2. The van der Waals surface area contributed by atoms with E-state index in [1.807, 2.05) is 18.4 Å². The summed E-state index contributed by atoms with van der Waals surface area (Å²) in [7, 11) is 0. The van der Waals surface area contributed by atoms with Gasteiger partial charge in [0.1, 0.15) is 0 Å². The number of thioether (sulfide) groups is 1. The molecule has 0 aromatic heterocycles. The lowest BCUT2D eigenvalue weighted by atomic mass is 9.37. The number of carbonyl (C=O) groups is 2. The quantitative estimate of drug-likeness (QED) is 0.772. The molecule has 88 valence electrons. The first kappa shape index (κ1) is 11.5. The van der Waals surface area contributed by atoms with E-state index in [1.54, 1.807) is 0 Å². The maximum atomic E-state index is 11.5. The number of carboxylic acids is 2. The molecule has 1 aliphatic heterocycles. The SMILES string of the molecule is CC12C=CSC1C(C)(C(=O)O)C2(C)C(=O)O. The molecule has 4 nitrogen and oxygen atoms in total. The van der Waals surface area contributed by atoms with Crippen LogP contribution in [0.25, 0.3) is 0 Å². The minimum Gasteiger partial charge on any atom is -0.481 e. The third kappa shape index (κ3) is 0.817. The minimum atomic E-state index is -1.25. The molecule has 0 saturated heterocycles. The molecule has 0 radical (unpaired) electrons. The Balaban J connectivity index is 2.59. The van der Waals surface area contributed by atoms with E-state index in [-0.39, 0.29) is 5.25 Å². The van der Waals surface area contributed by atoms with E-state index in [0.717, 1.165) is 0 Å². The predicted molar refractivity (Wildman–Crippen MR) is 60.1 cm³/mol. The average Bonchev–Trinajstić information content (AvgIpc) is 2.56. The Bertz CT molecular complexity index is 418. The van der Waals surface area contributed by atoms with Crippen LogP contribution < -0.4 is 0 Å². The highest BCUT2D eigenvalue weighted by Gasteiger charge is 2.80. The van der Waals surface area contributed by atoms with Crippen molar-refractivity contribution < 1.29 is 19.8 Å². The van der Waals surface area contributed by atoms with Crippen molar-refractivity contribution in [1.29, 1.82) is 0 Å². The summed E-state index contributed by atoms with van der Waals surface area (Å²) in [5, 5.41) is 20.3. The van der Waals surface area contributed by atoms with Crippen molar-refractivity contribution in [1.82, 2.24) is 0 Å². The van der Waals surface area contributed by atoms with Crippen molar-refractivity contribution in [2.24, 2.45) is 16.2 Å². The number of carboxylic acid groups (broad SMARTS) is 2. The number of hydrogen-bond acceptors (Lipinski definition) is 3. The Morgan fingerprint density at radius 3 is 2.19 bits per heavy atom. The van der Waals surface area contributed by atoms with E-state index in [4.69, 9.17) is 0 Å².